The van der Waals surface area contributed by atoms with Crippen LogP contribution in [-0.2, 0) is 11.2 Å². The van der Waals surface area contributed by atoms with Crippen LogP contribution in [-0.4, -0.2) is 45.0 Å². The Kier molecular flexibility index (Phi) is 5.04. The van der Waals surface area contributed by atoms with Crippen LogP contribution in [0.3, 0.4) is 0 Å². The minimum Gasteiger partial charge on any atom is -0.494 e. The number of benzene rings is 2. The summed E-state index contributed by atoms with van der Waals surface area (Å²) in [5, 5.41) is 12.5. The number of hydrogen-bond donors (Lipinski definition) is 0. The summed E-state index contributed by atoms with van der Waals surface area (Å²) in [5.41, 5.74) is 4.03. The van der Waals surface area contributed by atoms with Crippen molar-refractivity contribution >= 4 is 23.4 Å². The fourth-order valence-electron chi connectivity index (χ4n) is 3.53. The lowest BCUT2D eigenvalue weighted by molar-refractivity contribution is -0.116. The summed E-state index contributed by atoms with van der Waals surface area (Å²) < 4.78 is 7.05. The number of carbonyl (C=O) groups is 1. The van der Waals surface area contributed by atoms with Gasteiger partial charge in [-0.05, 0) is 60.0 Å². The molecular weight excluding hydrogens is 374 g/mol. The van der Waals surface area contributed by atoms with Crippen LogP contribution in [0.5, 0.6) is 5.75 Å². The molecule has 0 N–H and O–H groups in total. The smallest absolute Gasteiger partial charge is 0.237 e. The van der Waals surface area contributed by atoms with Crippen LogP contribution in [0.4, 0.5) is 5.69 Å². The van der Waals surface area contributed by atoms with Gasteiger partial charge in [-0.3, -0.25) is 4.79 Å². The summed E-state index contributed by atoms with van der Waals surface area (Å²) in [6.45, 7) is 4.07. The van der Waals surface area contributed by atoms with Crippen molar-refractivity contribution < 1.29 is 9.53 Å². The van der Waals surface area contributed by atoms with Gasteiger partial charge in [-0.25, -0.2) is 0 Å². The normalized spacial score (nSPS) is 15.5. The number of carbonyl (C=O) groups excluding carboxylic acids is 1. The number of thioether (sulfide) groups is 1. The highest BCUT2D eigenvalue weighted by molar-refractivity contribution is 7.99. The zero-order valence-electron chi connectivity index (χ0n) is 16.0. The first kappa shape index (κ1) is 18.5. The Morgan fingerprint density at radius 1 is 1.25 bits per heavy atom. The van der Waals surface area contributed by atoms with Gasteiger partial charge >= 0.3 is 0 Å². The quantitative estimate of drug-likeness (QED) is 0.618. The first-order chi connectivity index (χ1) is 13.6. The number of hydrogen-bond acceptors (Lipinski definition) is 6. The monoisotopic (exact) mass is 395 g/mol. The Balaban J connectivity index is 1.54. The van der Waals surface area contributed by atoms with E-state index in [0.29, 0.717) is 10.9 Å². The van der Waals surface area contributed by atoms with Crippen molar-refractivity contribution in [3.63, 3.8) is 0 Å². The maximum atomic E-state index is 12.9. The van der Waals surface area contributed by atoms with E-state index in [1.807, 2.05) is 48.2 Å². The van der Waals surface area contributed by atoms with E-state index in [1.165, 1.54) is 17.3 Å². The number of ether oxygens (including phenoxy) is 1. The van der Waals surface area contributed by atoms with Gasteiger partial charge < -0.3 is 9.64 Å². The number of anilines is 1. The Morgan fingerprint density at radius 3 is 2.89 bits per heavy atom. The molecule has 144 valence electrons. The molecule has 0 bridgehead atoms. The molecule has 0 radical (unpaired) electrons. The number of para-hydroxylation sites is 1. The molecule has 3 aromatic rings. The zero-order chi connectivity index (χ0) is 19.7. The van der Waals surface area contributed by atoms with Crippen molar-refractivity contribution in [1.29, 1.82) is 0 Å². The molecule has 28 heavy (non-hydrogen) atoms. The molecule has 7 nitrogen and oxygen atoms in total. The second-order valence-corrected chi connectivity index (χ2v) is 7.73. The maximum absolute atomic E-state index is 12.9. The molecule has 1 aliphatic rings. The summed E-state index contributed by atoms with van der Waals surface area (Å²) in [6, 6.07) is 14.0. The number of methoxy groups -OCH3 is 1. The Morgan fingerprint density at radius 2 is 2.07 bits per heavy atom. The number of tetrazole rings is 1. The van der Waals surface area contributed by atoms with Gasteiger partial charge in [-0.15, -0.1) is 5.10 Å². The largest absolute Gasteiger partial charge is 0.494 e. The van der Waals surface area contributed by atoms with Crippen molar-refractivity contribution in [1.82, 2.24) is 20.2 Å². The molecule has 1 aromatic heterocycles. The fourth-order valence-corrected chi connectivity index (χ4v) is 4.27. The summed E-state index contributed by atoms with van der Waals surface area (Å²) in [4.78, 5) is 14.8. The van der Waals surface area contributed by atoms with E-state index in [1.54, 1.807) is 11.8 Å². The average Bonchev–Trinajstić information content (AvgIpc) is 3.29. The van der Waals surface area contributed by atoms with Gasteiger partial charge in [0.1, 0.15) is 11.4 Å². The second-order valence-electron chi connectivity index (χ2n) is 6.78. The molecule has 0 saturated heterocycles. The third kappa shape index (κ3) is 3.35. The van der Waals surface area contributed by atoms with Crippen LogP contribution in [0.1, 0.15) is 18.1 Å². The summed E-state index contributed by atoms with van der Waals surface area (Å²) in [6.07, 6.45) is 0.880. The molecule has 1 atom stereocenters. The van der Waals surface area contributed by atoms with Crippen LogP contribution >= 0.6 is 11.8 Å². The highest BCUT2D eigenvalue weighted by Crippen LogP contribution is 2.33. The van der Waals surface area contributed by atoms with Crippen LogP contribution in [0.25, 0.3) is 5.69 Å². The molecule has 4 rings (SSSR count). The first-order valence-corrected chi connectivity index (χ1v) is 10.0. The Labute approximate surface area is 167 Å². The second kappa shape index (κ2) is 7.63. The van der Waals surface area contributed by atoms with E-state index in [-0.39, 0.29) is 17.7 Å². The SMILES string of the molecule is COc1ccc(C)cc1-n1nnnc1SCC(=O)N1c2ccccc2CC1C. The van der Waals surface area contributed by atoms with Gasteiger partial charge in [0.25, 0.3) is 0 Å². The van der Waals surface area contributed by atoms with Crippen LogP contribution in [0, 0.1) is 6.92 Å². The zero-order valence-corrected chi connectivity index (χ0v) is 16.8. The average molecular weight is 395 g/mol. The molecule has 1 amide bonds. The molecule has 1 aliphatic heterocycles. The molecule has 0 fully saturated rings. The maximum Gasteiger partial charge on any atom is 0.237 e. The van der Waals surface area contributed by atoms with Gasteiger partial charge in [0.15, 0.2) is 0 Å². The number of fused-ring (bicyclic) bond motifs is 1. The molecule has 0 spiro atoms. The highest BCUT2D eigenvalue weighted by Gasteiger charge is 2.30. The van der Waals surface area contributed by atoms with E-state index in [0.717, 1.165) is 23.4 Å². The lowest BCUT2D eigenvalue weighted by atomic mass is 10.1. The number of aromatic nitrogens is 4. The molecule has 0 aliphatic carbocycles. The highest BCUT2D eigenvalue weighted by atomic mass is 32.2. The minimum absolute atomic E-state index is 0.0493. The first-order valence-electron chi connectivity index (χ1n) is 9.04. The minimum atomic E-state index is 0.0493. The van der Waals surface area contributed by atoms with Crippen molar-refractivity contribution in [2.75, 3.05) is 17.8 Å². The van der Waals surface area contributed by atoms with Gasteiger partial charge in [-0.2, -0.15) is 4.68 Å². The molecule has 8 heteroatoms. The van der Waals surface area contributed by atoms with Gasteiger partial charge in [-0.1, -0.05) is 36.0 Å². The standard InChI is InChI=1S/C20H21N5O2S/c1-13-8-9-18(27-3)17(10-13)25-20(21-22-23-25)28-12-19(26)24-14(2)11-15-6-4-5-7-16(15)24/h4-10,14H,11-12H2,1-3H3. The Hall–Kier alpha value is -2.87. The number of rotatable bonds is 5. The molecule has 1 unspecified atom stereocenters. The predicted octanol–water partition coefficient (Wildman–Crippen LogP) is 3.05. The third-order valence-electron chi connectivity index (χ3n) is 4.80. The number of aryl methyl sites for hydroxylation is 1. The third-order valence-corrected chi connectivity index (χ3v) is 5.71. The van der Waals surface area contributed by atoms with Crippen LogP contribution < -0.4 is 9.64 Å². The summed E-state index contributed by atoms with van der Waals surface area (Å²) >= 11 is 1.33. The van der Waals surface area contributed by atoms with Gasteiger partial charge in [0.05, 0.1) is 12.9 Å². The van der Waals surface area contributed by atoms with E-state index < -0.39 is 0 Å². The molecule has 2 aromatic carbocycles. The van der Waals surface area contributed by atoms with Crippen molar-refractivity contribution in [2.45, 2.75) is 31.5 Å². The molecule has 2 heterocycles. The van der Waals surface area contributed by atoms with E-state index in [2.05, 4.69) is 28.5 Å². The summed E-state index contributed by atoms with van der Waals surface area (Å²) in [7, 11) is 1.61. The lowest BCUT2D eigenvalue weighted by Gasteiger charge is -2.22. The van der Waals surface area contributed by atoms with Crippen molar-refractivity contribution in [3.8, 4) is 11.4 Å². The van der Waals surface area contributed by atoms with Gasteiger partial charge in [0.2, 0.25) is 11.1 Å². The number of amides is 1. The van der Waals surface area contributed by atoms with E-state index >= 15 is 0 Å². The fraction of sp³-hybridized carbons (Fsp3) is 0.300. The summed E-state index contributed by atoms with van der Waals surface area (Å²) in [5.74, 6) is 0.981. The predicted molar refractivity (Wildman–Crippen MR) is 108 cm³/mol. The van der Waals surface area contributed by atoms with Crippen molar-refractivity contribution in [3.05, 3.63) is 53.6 Å². The molecular formula is C20H21N5O2S. The van der Waals surface area contributed by atoms with Crippen LogP contribution in [0.15, 0.2) is 47.6 Å². The van der Waals surface area contributed by atoms with Crippen LogP contribution in [0.2, 0.25) is 0 Å². The van der Waals surface area contributed by atoms with Gasteiger partial charge in [0, 0.05) is 11.7 Å². The number of nitrogens with zero attached hydrogens (tertiary/aromatic N) is 5. The van der Waals surface area contributed by atoms with E-state index in [4.69, 9.17) is 4.74 Å². The molecule has 0 saturated carbocycles. The Bertz CT molecular complexity index is 1020. The lowest BCUT2D eigenvalue weighted by Crippen LogP contribution is -2.37. The topological polar surface area (TPSA) is 73.1 Å². The van der Waals surface area contributed by atoms with Crippen molar-refractivity contribution in [2.24, 2.45) is 0 Å². The van der Waals surface area contributed by atoms with E-state index in [9.17, 15) is 4.79 Å².